The van der Waals surface area contributed by atoms with Gasteiger partial charge in [-0.15, -0.1) is 10.3 Å². The van der Waals surface area contributed by atoms with E-state index in [9.17, 15) is 14.9 Å². The van der Waals surface area contributed by atoms with Gasteiger partial charge in [-0.2, -0.15) is 0 Å². The quantitative estimate of drug-likeness (QED) is 0.365. The minimum atomic E-state index is -0.893. The van der Waals surface area contributed by atoms with Crippen molar-refractivity contribution in [2.45, 2.75) is 0 Å². The molecule has 0 bridgehead atoms. The van der Waals surface area contributed by atoms with Crippen LogP contribution in [-0.2, 0) is 4.74 Å². The minimum Gasteiger partial charge on any atom is -0.464 e. The molecule has 0 spiro atoms. The summed E-state index contributed by atoms with van der Waals surface area (Å²) < 4.78 is 4.22. The van der Waals surface area contributed by atoms with Gasteiger partial charge in [-0.1, -0.05) is 0 Å². The van der Waals surface area contributed by atoms with Gasteiger partial charge in [0.1, 0.15) is 0 Å². The van der Waals surface area contributed by atoms with E-state index in [0.717, 1.165) is 7.11 Å². The molecule has 8 nitrogen and oxygen atoms in total. The van der Waals surface area contributed by atoms with Crippen molar-refractivity contribution >= 4 is 11.8 Å². The molecule has 64 valence electrons. The Kier molecular flexibility index (Phi) is 1.99. The van der Waals surface area contributed by atoms with Crippen molar-refractivity contribution in [3.8, 4) is 0 Å². The molecule has 0 aliphatic heterocycles. The molecule has 1 rings (SSSR count). The Morgan fingerprint density at radius 2 is 2.33 bits per heavy atom. The molecule has 0 atom stereocenters. The van der Waals surface area contributed by atoms with Gasteiger partial charge in [0.2, 0.25) is 0 Å². The molecule has 0 saturated carbocycles. The predicted molar refractivity (Wildman–Crippen MR) is 34.4 cm³/mol. The summed E-state index contributed by atoms with van der Waals surface area (Å²) in [6.07, 6.45) is 0. The van der Waals surface area contributed by atoms with Crippen LogP contribution in [0.1, 0.15) is 10.5 Å². The number of aromatic nitrogens is 3. The van der Waals surface area contributed by atoms with Crippen molar-refractivity contribution in [2.24, 2.45) is 0 Å². The second-order valence-electron chi connectivity index (χ2n) is 1.74. The second-order valence-corrected chi connectivity index (χ2v) is 1.74. The maximum Gasteiger partial charge on any atom is 0.425 e. The van der Waals surface area contributed by atoms with Crippen LogP contribution in [0.25, 0.3) is 0 Å². The minimum absolute atomic E-state index is 0.428. The van der Waals surface area contributed by atoms with Crippen molar-refractivity contribution in [3.05, 3.63) is 15.8 Å². The number of nitrogens with one attached hydrogen (secondary N) is 1. The fourth-order valence-electron chi connectivity index (χ4n) is 0.586. The topological polar surface area (TPSA) is 111 Å². The van der Waals surface area contributed by atoms with Crippen LogP contribution in [0.15, 0.2) is 0 Å². The van der Waals surface area contributed by atoms with Crippen LogP contribution in [0.2, 0.25) is 0 Å². The maximum atomic E-state index is 10.8. The SMILES string of the molecule is COC(=O)c1n[nH]nc1[N+](=O)[O-]. The lowest BCUT2D eigenvalue weighted by Gasteiger charge is -1.91. The highest BCUT2D eigenvalue weighted by atomic mass is 16.6. The highest BCUT2D eigenvalue weighted by molar-refractivity contribution is 5.90. The van der Waals surface area contributed by atoms with Gasteiger partial charge in [0.15, 0.2) is 0 Å². The molecule has 1 N–H and O–H groups in total. The summed E-state index contributed by atoms with van der Waals surface area (Å²) in [7, 11) is 1.10. The number of carbonyl (C=O) groups is 1. The fourth-order valence-corrected chi connectivity index (χ4v) is 0.586. The van der Waals surface area contributed by atoms with Crippen LogP contribution in [0.3, 0.4) is 0 Å². The molecule has 1 heterocycles. The van der Waals surface area contributed by atoms with E-state index in [2.05, 4.69) is 14.9 Å². The van der Waals surface area contributed by atoms with E-state index in [1.807, 2.05) is 5.21 Å². The Bertz CT molecular complexity index is 319. The Morgan fingerprint density at radius 1 is 1.67 bits per heavy atom. The zero-order valence-corrected chi connectivity index (χ0v) is 5.97. The number of hydrogen-bond donors (Lipinski definition) is 1. The van der Waals surface area contributed by atoms with Crippen molar-refractivity contribution in [3.63, 3.8) is 0 Å². The van der Waals surface area contributed by atoms with E-state index in [4.69, 9.17) is 0 Å². The van der Waals surface area contributed by atoms with Crippen LogP contribution in [-0.4, -0.2) is 33.4 Å². The number of nitro groups is 1. The number of ether oxygens (including phenoxy) is 1. The van der Waals surface area contributed by atoms with Gasteiger partial charge >= 0.3 is 11.8 Å². The van der Waals surface area contributed by atoms with Crippen LogP contribution in [0, 0.1) is 10.1 Å². The molecule has 12 heavy (non-hydrogen) atoms. The first-order valence-corrected chi connectivity index (χ1v) is 2.80. The maximum absolute atomic E-state index is 10.8. The van der Waals surface area contributed by atoms with Crippen LogP contribution >= 0.6 is 0 Å². The third-order valence-electron chi connectivity index (χ3n) is 1.08. The van der Waals surface area contributed by atoms with E-state index in [-0.39, 0.29) is 0 Å². The Morgan fingerprint density at radius 3 is 2.83 bits per heavy atom. The lowest BCUT2D eigenvalue weighted by molar-refractivity contribution is -0.389. The second kappa shape index (κ2) is 2.95. The molecule has 1 aromatic rings. The number of nitrogens with zero attached hydrogens (tertiary/aromatic N) is 3. The number of H-pyrrole nitrogens is 1. The summed E-state index contributed by atoms with van der Waals surface area (Å²) in [5.41, 5.74) is -0.428. The Balaban J connectivity index is 3.07. The molecule has 0 unspecified atom stereocenters. The third kappa shape index (κ3) is 1.21. The summed E-state index contributed by atoms with van der Waals surface area (Å²) in [4.78, 5) is 20.1. The first-order chi connectivity index (χ1) is 5.66. The van der Waals surface area contributed by atoms with Gasteiger partial charge in [0.25, 0.3) is 5.69 Å². The fraction of sp³-hybridized carbons (Fsp3) is 0.250. The van der Waals surface area contributed by atoms with E-state index >= 15 is 0 Å². The standard InChI is InChI=1S/C4H4N4O4/c1-12-4(9)2-3(8(10)11)6-7-5-2/h1H3,(H,5,6,7). The van der Waals surface area contributed by atoms with Gasteiger partial charge < -0.3 is 14.9 Å². The Labute approximate surface area is 65.7 Å². The first-order valence-electron chi connectivity index (χ1n) is 2.80. The molecule has 0 aromatic carbocycles. The molecule has 0 saturated heterocycles. The zero-order chi connectivity index (χ0) is 9.14. The average molecular weight is 172 g/mol. The average Bonchev–Trinajstić information content (AvgIpc) is 2.50. The first kappa shape index (κ1) is 8.11. The Hall–Kier alpha value is -1.99. The highest BCUT2D eigenvalue weighted by Crippen LogP contribution is 2.10. The van der Waals surface area contributed by atoms with Gasteiger partial charge in [0, 0.05) is 0 Å². The lowest BCUT2D eigenvalue weighted by Crippen LogP contribution is -2.05. The van der Waals surface area contributed by atoms with E-state index in [0.29, 0.717) is 0 Å². The van der Waals surface area contributed by atoms with Crippen molar-refractivity contribution < 1.29 is 14.5 Å². The van der Waals surface area contributed by atoms with Crippen LogP contribution in [0.5, 0.6) is 0 Å². The lowest BCUT2D eigenvalue weighted by atomic mass is 10.4. The number of hydrogen-bond acceptors (Lipinski definition) is 6. The number of rotatable bonds is 2. The van der Waals surface area contributed by atoms with E-state index in [1.165, 1.54) is 0 Å². The van der Waals surface area contributed by atoms with Gasteiger partial charge in [-0.05, 0) is 4.92 Å². The van der Waals surface area contributed by atoms with E-state index < -0.39 is 22.4 Å². The molecular weight excluding hydrogens is 168 g/mol. The number of esters is 1. The molecular formula is C4H4N4O4. The summed E-state index contributed by atoms with van der Waals surface area (Å²) in [6.45, 7) is 0. The molecule has 8 heteroatoms. The molecule has 0 radical (unpaired) electrons. The van der Waals surface area contributed by atoms with Crippen molar-refractivity contribution in [1.29, 1.82) is 0 Å². The summed E-state index contributed by atoms with van der Waals surface area (Å²) >= 11 is 0. The normalized spacial score (nSPS) is 9.42. The summed E-state index contributed by atoms with van der Waals surface area (Å²) in [6, 6.07) is 0. The molecule has 1 aromatic heterocycles. The summed E-state index contributed by atoms with van der Waals surface area (Å²) in [5.74, 6) is -1.53. The smallest absolute Gasteiger partial charge is 0.425 e. The molecule has 0 aliphatic carbocycles. The predicted octanol–water partition coefficient (Wildman–Crippen LogP) is -0.500. The third-order valence-corrected chi connectivity index (χ3v) is 1.08. The number of aromatic amines is 1. The van der Waals surface area contributed by atoms with Crippen LogP contribution < -0.4 is 0 Å². The molecule has 0 aliphatic rings. The molecule has 0 amide bonds. The van der Waals surface area contributed by atoms with Crippen molar-refractivity contribution in [2.75, 3.05) is 7.11 Å². The number of carbonyl (C=O) groups excluding carboxylic acids is 1. The van der Waals surface area contributed by atoms with Crippen LogP contribution in [0.4, 0.5) is 5.82 Å². The highest BCUT2D eigenvalue weighted by Gasteiger charge is 2.26. The monoisotopic (exact) mass is 172 g/mol. The van der Waals surface area contributed by atoms with Crippen molar-refractivity contribution in [1.82, 2.24) is 15.4 Å². The molecule has 0 fully saturated rings. The van der Waals surface area contributed by atoms with Gasteiger partial charge in [0.05, 0.1) is 12.2 Å². The summed E-state index contributed by atoms with van der Waals surface area (Å²) in [5, 5.41) is 18.5. The van der Waals surface area contributed by atoms with Gasteiger partial charge in [-0.25, -0.2) is 4.79 Å². The van der Waals surface area contributed by atoms with Gasteiger partial charge in [-0.3, -0.25) is 0 Å². The van der Waals surface area contributed by atoms with E-state index in [1.54, 1.807) is 0 Å². The largest absolute Gasteiger partial charge is 0.464 e. The number of methoxy groups -OCH3 is 1. The zero-order valence-electron chi connectivity index (χ0n) is 5.97.